The van der Waals surface area contributed by atoms with E-state index in [1.807, 2.05) is 0 Å². The molecule has 0 aromatic carbocycles. The summed E-state index contributed by atoms with van der Waals surface area (Å²) in [4.78, 5) is 0. The second-order valence-electron chi connectivity index (χ2n) is 5.79. The van der Waals surface area contributed by atoms with Crippen molar-refractivity contribution in [2.45, 2.75) is 37.3 Å². The van der Waals surface area contributed by atoms with E-state index in [0.717, 1.165) is 58.7 Å². The second-order valence-corrected chi connectivity index (χ2v) is 5.79. The molecule has 3 heterocycles. The van der Waals surface area contributed by atoms with Crippen molar-refractivity contribution in [2.24, 2.45) is 17.6 Å². The molecule has 0 aromatic rings. The van der Waals surface area contributed by atoms with Crippen molar-refractivity contribution in [2.75, 3.05) is 33.0 Å². The fourth-order valence-electron chi connectivity index (χ4n) is 3.50. The van der Waals surface area contributed by atoms with Crippen LogP contribution in [0.4, 0.5) is 0 Å². The summed E-state index contributed by atoms with van der Waals surface area (Å²) >= 11 is 0. The summed E-state index contributed by atoms with van der Waals surface area (Å²) in [6.07, 6.45) is 4.34. The van der Waals surface area contributed by atoms with Gasteiger partial charge in [-0.15, -0.1) is 0 Å². The van der Waals surface area contributed by atoms with Crippen molar-refractivity contribution >= 4 is 0 Å². The topological polar surface area (TPSA) is 53.7 Å². The Bertz CT molecular complexity index is 259. The predicted molar refractivity (Wildman–Crippen MR) is 63.7 cm³/mol. The number of rotatable bonds is 2. The van der Waals surface area contributed by atoms with Crippen LogP contribution in [0.1, 0.15) is 25.7 Å². The summed E-state index contributed by atoms with van der Waals surface area (Å²) < 4.78 is 16.9. The van der Waals surface area contributed by atoms with Gasteiger partial charge >= 0.3 is 0 Å². The molecule has 17 heavy (non-hydrogen) atoms. The molecule has 0 bridgehead atoms. The zero-order valence-corrected chi connectivity index (χ0v) is 10.4. The number of ether oxygens (including phenoxy) is 3. The molecule has 1 spiro atoms. The Labute approximate surface area is 103 Å². The van der Waals surface area contributed by atoms with Crippen LogP contribution in [0.25, 0.3) is 0 Å². The third kappa shape index (κ3) is 2.36. The Morgan fingerprint density at radius 3 is 2.65 bits per heavy atom. The number of hydrogen-bond donors (Lipinski definition) is 1. The van der Waals surface area contributed by atoms with Crippen LogP contribution in [-0.2, 0) is 14.2 Å². The van der Waals surface area contributed by atoms with Gasteiger partial charge in [0.15, 0.2) is 0 Å². The molecular formula is C13H23NO3. The lowest BCUT2D eigenvalue weighted by Crippen LogP contribution is -2.48. The van der Waals surface area contributed by atoms with Crippen LogP contribution in [0.3, 0.4) is 0 Å². The van der Waals surface area contributed by atoms with E-state index in [9.17, 15) is 0 Å². The van der Waals surface area contributed by atoms with E-state index in [4.69, 9.17) is 19.9 Å². The normalized spacial score (nSPS) is 44.3. The summed E-state index contributed by atoms with van der Waals surface area (Å²) in [6.45, 7) is 4.18. The van der Waals surface area contributed by atoms with Crippen molar-refractivity contribution in [1.29, 1.82) is 0 Å². The standard InChI is InChI=1S/C13H23NO3/c14-12(11-1-4-15-8-11)10-2-5-17-13(7-10)3-6-16-9-13/h10-12H,1-9,14H2. The maximum atomic E-state index is 6.43. The van der Waals surface area contributed by atoms with Gasteiger partial charge in [-0.05, 0) is 31.1 Å². The Morgan fingerprint density at radius 2 is 1.94 bits per heavy atom. The van der Waals surface area contributed by atoms with Gasteiger partial charge in [0.2, 0.25) is 0 Å². The van der Waals surface area contributed by atoms with Crippen molar-refractivity contribution in [3.8, 4) is 0 Å². The van der Waals surface area contributed by atoms with Crippen LogP contribution in [-0.4, -0.2) is 44.7 Å². The summed E-state index contributed by atoms with van der Waals surface area (Å²) in [5.74, 6) is 1.13. The molecule has 2 N–H and O–H groups in total. The van der Waals surface area contributed by atoms with Gasteiger partial charge in [-0.2, -0.15) is 0 Å². The lowest BCUT2D eigenvalue weighted by atomic mass is 9.77. The second kappa shape index (κ2) is 4.84. The largest absolute Gasteiger partial charge is 0.381 e. The van der Waals surface area contributed by atoms with Crippen molar-refractivity contribution < 1.29 is 14.2 Å². The zero-order chi connectivity index (χ0) is 11.7. The molecule has 4 atom stereocenters. The molecule has 4 heteroatoms. The predicted octanol–water partition coefficient (Wildman–Crippen LogP) is 0.936. The average molecular weight is 241 g/mol. The zero-order valence-electron chi connectivity index (χ0n) is 10.4. The first-order chi connectivity index (χ1) is 8.29. The Balaban J connectivity index is 1.62. The van der Waals surface area contributed by atoms with Crippen molar-refractivity contribution in [3.05, 3.63) is 0 Å². The van der Waals surface area contributed by atoms with Gasteiger partial charge in [0.1, 0.15) is 0 Å². The average Bonchev–Trinajstić information content (AvgIpc) is 3.00. The molecule has 3 saturated heterocycles. The quantitative estimate of drug-likeness (QED) is 0.781. The highest BCUT2D eigenvalue weighted by molar-refractivity contribution is 4.94. The monoisotopic (exact) mass is 241 g/mol. The van der Waals surface area contributed by atoms with Gasteiger partial charge in [-0.25, -0.2) is 0 Å². The lowest BCUT2D eigenvalue weighted by Gasteiger charge is -2.40. The van der Waals surface area contributed by atoms with E-state index in [0.29, 0.717) is 11.8 Å². The van der Waals surface area contributed by atoms with Crippen molar-refractivity contribution in [3.63, 3.8) is 0 Å². The molecule has 98 valence electrons. The van der Waals surface area contributed by atoms with E-state index in [1.165, 1.54) is 0 Å². The maximum Gasteiger partial charge on any atom is 0.0939 e. The molecule has 3 aliphatic heterocycles. The fourth-order valence-corrected chi connectivity index (χ4v) is 3.50. The molecule has 3 fully saturated rings. The van der Waals surface area contributed by atoms with Gasteiger partial charge in [0, 0.05) is 32.3 Å². The summed E-state index contributed by atoms with van der Waals surface area (Å²) in [7, 11) is 0. The van der Waals surface area contributed by atoms with E-state index in [1.54, 1.807) is 0 Å². The van der Waals surface area contributed by atoms with Gasteiger partial charge in [0.05, 0.1) is 18.8 Å². The molecule has 4 nitrogen and oxygen atoms in total. The molecule has 3 aliphatic rings. The Hall–Kier alpha value is -0.160. The van der Waals surface area contributed by atoms with Crippen LogP contribution >= 0.6 is 0 Å². The summed E-state index contributed by atoms with van der Waals surface area (Å²) in [5.41, 5.74) is 6.41. The van der Waals surface area contributed by atoms with Crippen LogP contribution in [0.5, 0.6) is 0 Å². The van der Waals surface area contributed by atoms with Gasteiger partial charge in [0.25, 0.3) is 0 Å². The summed E-state index contributed by atoms with van der Waals surface area (Å²) in [6, 6.07) is 0.277. The Morgan fingerprint density at radius 1 is 1.06 bits per heavy atom. The van der Waals surface area contributed by atoms with E-state index < -0.39 is 0 Å². The third-order valence-electron chi connectivity index (χ3n) is 4.65. The lowest BCUT2D eigenvalue weighted by molar-refractivity contribution is -0.103. The SMILES string of the molecule is NC(C1CCOC1)C1CCOC2(CCOC2)C1. The Kier molecular flexibility index (Phi) is 3.39. The fraction of sp³-hybridized carbons (Fsp3) is 1.00. The van der Waals surface area contributed by atoms with E-state index in [2.05, 4.69) is 0 Å². The minimum absolute atomic E-state index is 0.0139. The first-order valence-electron chi connectivity index (χ1n) is 6.84. The minimum Gasteiger partial charge on any atom is -0.381 e. The van der Waals surface area contributed by atoms with Gasteiger partial charge in [-0.1, -0.05) is 0 Å². The first kappa shape index (κ1) is 11.9. The van der Waals surface area contributed by atoms with Gasteiger partial charge < -0.3 is 19.9 Å². The van der Waals surface area contributed by atoms with Crippen LogP contribution in [0, 0.1) is 11.8 Å². The molecule has 0 saturated carbocycles. The third-order valence-corrected chi connectivity index (χ3v) is 4.65. The molecule has 0 aromatic heterocycles. The van der Waals surface area contributed by atoms with Crippen molar-refractivity contribution in [1.82, 2.24) is 0 Å². The van der Waals surface area contributed by atoms with Crippen LogP contribution in [0.15, 0.2) is 0 Å². The molecule has 0 aliphatic carbocycles. The van der Waals surface area contributed by atoms with Crippen LogP contribution < -0.4 is 5.73 Å². The molecule has 3 rings (SSSR count). The van der Waals surface area contributed by atoms with Crippen LogP contribution in [0.2, 0.25) is 0 Å². The highest BCUT2D eigenvalue weighted by Gasteiger charge is 2.43. The maximum absolute atomic E-state index is 6.43. The van der Waals surface area contributed by atoms with Gasteiger partial charge in [-0.3, -0.25) is 0 Å². The smallest absolute Gasteiger partial charge is 0.0939 e. The van der Waals surface area contributed by atoms with E-state index in [-0.39, 0.29) is 11.6 Å². The molecule has 4 unspecified atom stereocenters. The highest BCUT2D eigenvalue weighted by atomic mass is 16.6. The number of hydrogen-bond acceptors (Lipinski definition) is 4. The summed E-state index contributed by atoms with van der Waals surface area (Å²) in [5, 5.41) is 0. The highest BCUT2D eigenvalue weighted by Crippen LogP contribution is 2.38. The molecule has 0 radical (unpaired) electrons. The minimum atomic E-state index is -0.0139. The number of nitrogens with two attached hydrogens (primary N) is 1. The molecular weight excluding hydrogens is 218 g/mol. The van der Waals surface area contributed by atoms with E-state index >= 15 is 0 Å². The molecule has 0 amide bonds. The first-order valence-corrected chi connectivity index (χ1v) is 6.84.